The van der Waals surface area contributed by atoms with E-state index in [4.69, 9.17) is 15.0 Å². The van der Waals surface area contributed by atoms with Gasteiger partial charge in [-0.25, -0.2) is 15.0 Å². The Morgan fingerprint density at radius 2 is 1.02 bits per heavy atom. The zero-order valence-corrected chi connectivity index (χ0v) is 31.5. The summed E-state index contributed by atoms with van der Waals surface area (Å²) in [5, 5.41) is 13.4. The second-order valence-corrected chi connectivity index (χ2v) is 14.3. The molecule has 2 heterocycles. The number of hydrogen-bond donors (Lipinski definition) is 1. The fourth-order valence-electron chi connectivity index (χ4n) is 7.81. The maximum atomic E-state index is 11.2. The van der Waals surface area contributed by atoms with Crippen LogP contribution >= 0.6 is 0 Å². The van der Waals surface area contributed by atoms with Gasteiger partial charge in [0, 0.05) is 39.1 Å². The monoisotopic (exact) mass is 744 g/mol. The van der Waals surface area contributed by atoms with Gasteiger partial charge in [-0.1, -0.05) is 158 Å². The lowest BCUT2D eigenvalue weighted by Gasteiger charge is -2.15. The largest absolute Gasteiger partial charge is 0.507 e. The van der Waals surface area contributed by atoms with Crippen LogP contribution in [0.2, 0.25) is 0 Å². The Morgan fingerprint density at radius 1 is 0.466 bits per heavy atom. The van der Waals surface area contributed by atoms with Gasteiger partial charge in [0.1, 0.15) is 5.76 Å². The number of para-hydroxylation sites is 1. The summed E-state index contributed by atoms with van der Waals surface area (Å²) in [7, 11) is 0. The molecule has 0 amide bonds. The van der Waals surface area contributed by atoms with Crippen molar-refractivity contribution in [3.63, 3.8) is 0 Å². The highest BCUT2D eigenvalue weighted by Crippen LogP contribution is 2.40. The minimum absolute atomic E-state index is 0.206. The van der Waals surface area contributed by atoms with E-state index in [0.29, 0.717) is 23.9 Å². The third-order valence-corrected chi connectivity index (χ3v) is 10.7. The molecule has 0 radical (unpaired) electrons. The van der Waals surface area contributed by atoms with Gasteiger partial charge < -0.3 is 9.67 Å². The van der Waals surface area contributed by atoms with Crippen molar-refractivity contribution in [3.8, 4) is 62.1 Å². The summed E-state index contributed by atoms with van der Waals surface area (Å²) in [5.41, 5.74) is 15.1. The van der Waals surface area contributed by atoms with Crippen LogP contribution < -0.4 is 0 Å². The first-order chi connectivity index (χ1) is 28.7. The molecule has 5 nitrogen and oxygen atoms in total. The molecule has 0 unspecified atom stereocenters. The lowest BCUT2D eigenvalue weighted by molar-refractivity contribution is 0.434. The van der Waals surface area contributed by atoms with Gasteiger partial charge in [-0.3, -0.25) is 0 Å². The van der Waals surface area contributed by atoms with Crippen molar-refractivity contribution in [3.05, 3.63) is 217 Å². The topological polar surface area (TPSA) is 63.8 Å². The molecule has 1 aliphatic rings. The van der Waals surface area contributed by atoms with Crippen molar-refractivity contribution in [2.75, 3.05) is 0 Å². The van der Waals surface area contributed by atoms with Crippen LogP contribution in [0.25, 0.3) is 89.5 Å². The van der Waals surface area contributed by atoms with Crippen molar-refractivity contribution in [1.82, 2.24) is 19.5 Å². The molecule has 0 bridgehead atoms. The van der Waals surface area contributed by atoms with Crippen LogP contribution in [0.5, 0.6) is 0 Å². The number of aliphatic hydroxyl groups is 1. The molecule has 274 valence electrons. The van der Waals surface area contributed by atoms with Crippen LogP contribution in [-0.4, -0.2) is 24.6 Å². The van der Waals surface area contributed by atoms with Crippen LogP contribution in [0.3, 0.4) is 0 Å². The second-order valence-electron chi connectivity index (χ2n) is 14.3. The molecule has 10 rings (SSSR count). The van der Waals surface area contributed by atoms with E-state index in [-0.39, 0.29) is 5.76 Å². The van der Waals surface area contributed by atoms with E-state index in [1.165, 1.54) is 0 Å². The highest BCUT2D eigenvalue weighted by molar-refractivity contribution is 6.11. The maximum absolute atomic E-state index is 11.2. The summed E-state index contributed by atoms with van der Waals surface area (Å²) >= 11 is 0. The Labute approximate surface area is 336 Å². The summed E-state index contributed by atoms with van der Waals surface area (Å²) in [6, 6.07) is 60.8. The van der Waals surface area contributed by atoms with Gasteiger partial charge in [0.2, 0.25) is 0 Å². The van der Waals surface area contributed by atoms with Crippen LogP contribution in [0.1, 0.15) is 12.0 Å². The number of aromatic nitrogens is 4. The zero-order chi connectivity index (χ0) is 38.8. The van der Waals surface area contributed by atoms with Gasteiger partial charge in [0.05, 0.1) is 16.7 Å². The summed E-state index contributed by atoms with van der Waals surface area (Å²) in [5.74, 6) is 1.97. The number of benzene rings is 7. The molecule has 0 spiro atoms. The molecule has 0 aliphatic heterocycles. The molecule has 7 aromatic carbocycles. The fraction of sp³-hybridized carbons (Fsp3) is 0.0189. The highest BCUT2D eigenvalue weighted by Gasteiger charge is 2.21. The lowest BCUT2D eigenvalue weighted by Crippen LogP contribution is -2.03. The summed E-state index contributed by atoms with van der Waals surface area (Å²) in [6.07, 6.45) is 8.04. The van der Waals surface area contributed by atoms with E-state index in [0.717, 1.165) is 77.6 Å². The second kappa shape index (κ2) is 15.0. The van der Waals surface area contributed by atoms with E-state index in [1.807, 2.05) is 66.8 Å². The van der Waals surface area contributed by atoms with Gasteiger partial charge >= 0.3 is 0 Å². The summed E-state index contributed by atoms with van der Waals surface area (Å²) in [4.78, 5) is 15.4. The van der Waals surface area contributed by atoms with Crippen molar-refractivity contribution in [2.45, 2.75) is 6.42 Å². The van der Waals surface area contributed by atoms with Crippen molar-refractivity contribution >= 4 is 27.4 Å². The van der Waals surface area contributed by atoms with Gasteiger partial charge in [-0.05, 0) is 70.6 Å². The quantitative estimate of drug-likeness (QED) is 0.165. The first-order valence-corrected chi connectivity index (χ1v) is 19.4. The number of allylic oxidation sites excluding steroid dienone is 4. The molecule has 58 heavy (non-hydrogen) atoms. The van der Waals surface area contributed by atoms with Gasteiger partial charge in [-0.2, -0.15) is 0 Å². The van der Waals surface area contributed by atoms with Crippen LogP contribution in [0, 0.1) is 0 Å². The molecular formula is C53H36N4O. The Morgan fingerprint density at radius 3 is 1.74 bits per heavy atom. The van der Waals surface area contributed by atoms with Crippen molar-refractivity contribution in [1.29, 1.82) is 0 Å². The van der Waals surface area contributed by atoms with Gasteiger partial charge in [0.15, 0.2) is 17.5 Å². The Kier molecular flexibility index (Phi) is 8.96. The third-order valence-electron chi connectivity index (χ3n) is 10.7. The zero-order valence-electron chi connectivity index (χ0n) is 31.5. The standard InChI is InChI=1S/C53H36N4O/c58-50-25-13-2-1-12-22-43(50)42-30-32-44-46-34-41(37-18-8-4-9-19-37)31-33-48(46)57(49(44)35-42)47-24-15-14-23-45(47)53-55-51(39-20-10-5-11-21-39)54-52(56-53)40-28-26-38(27-29-40)36-16-6-3-7-17-36/h1-12,14-21,23-35,58H,22H2/b12-1-,50-43-. The summed E-state index contributed by atoms with van der Waals surface area (Å²) < 4.78 is 2.31. The van der Waals surface area contributed by atoms with E-state index in [1.54, 1.807) is 6.08 Å². The van der Waals surface area contributed by atoms with E-state index in [9.17, 15) is 5.11 Å². The van der Waals surface area contributed by atoms with Crippen molar-refractivity contribution < 1.29 is 5.11 Å². The Bertz CT molecular complexity index is 3100. The van der Waals surface area contributed by atoms with Crippen LogP contribution in [0.4, 0.5) is 0 Å². The molecule has 9 aromatic rings. The molecule has 0 atom stereocenters. The predicted molar refractivity (Wildman–Crippen MR) is 237 cm³/mol. The van der Waals surface area contributed by atoms with Gasteiger partial charge in [0.25, 0.3) is 0 Å². The minimum atomic E-state index is 0.206. The number of fused-ring (bicyclic) bond motifs is 3. The third kappa shape index (κ3) is 6.52. The minimum Gasteiger partial charge on any atom is -0.507 e. The first kappa shape index (κ1) is 34.6. The molecule has 1 N–H and O–H groups in total. The summed E-state index contributed by atoms with van der Waals surface area (Å²) in [6.45, 7) is 0. The molecule has 0 fully saturated rings. The highest BCUT2D eigenvalue weighted by atomic mass is 16.3. The fourth-order valence-corrected chi connectivity index (χ4v) is 7.81. The van der Waals surface area contributed by atoms with E-state index in [2.05, 4.69) is 138 Å². The molecular weight excluding hydrogens is 709 g/mol. The maximum Gasteiger partial charge on any atom is 0.166 e. The molecule has 2 aromatic heterocycles. The first-order valence-electron chi connectivity index (χ1n) is 19.4. The number of rotatable bonds is 7. The van der Waals surface area contributed by atoms with Crippen molar-refractivity contribution in [2.24, 2.45) is 0 Å². The Balaban J connectivity index is 1.20. The Hall–Kier alpha value is -7.85. The van der Waals surface area contributed by atoms with Crippen LogP contribution in [-0.2, 0) is 0 Å². The molecule has 0 saturated carbocycles. The smallest absolute Gasteiger partial charge is 0.166 e. The van der Waals surface area contributed by atoms with E-state index < -0.39 is 0 Å². The average molecular weight is 745 g/mol. The predicted octanol–water partition coefficient (Wildman–Crippen LogP) is 13.2. The number of nitrogens with zero attached hydrogens (tertiary/aromatic N) is 4. The number of hydrogen-bond acceptors (Lipinski definition) is 4. The average Bonchev–Trinajstić information content (AvgIpc) is 3.61. The van der Waals surface area contributed by atoms with E-state index >= 15 is 0 Å². The van der Waals surface area contributed by atoms with Gasteiger partial charge in [-0.15, -0.1) is 5.73 Å². The normalized spacial score (nSPS) is 14.4. The SMILES string of the molecule is O/C1=C(\c2ccc3c4cc(-c5ccccc5)ccc4n(-c4ccccc4-c4nc(-c5ccccc5)nc(-c5ccc(-c6ccccc6)cc5)n4)c3c2)C/C=C\C=C=C1. The molecule has 5 heteroatoms. The molecule has 1 aliphatic carbocycles. The van der Waals surface area contributed by atoms with Crippen LogP contribution in [0.15, 0.2) is 212 Å². The molecule has 0 saturated heterocycles. The number of aliphatic hydroxyl groups excluding tert-OH is 1. The lowest BCUT2D eigenvalue weighted by atomic mass is 9.98.